The van der Waals surface area contributed by atoms with Crippen molar-refractivity contribution in [3.05, 3.63) is 35.3 Å². The van der Waals surface area contributed by atoms with Gasteiger partial charge < -0.3 is 14.8 Å². The molecule has 0 aliphatic heterocycles. The fraction of sp³-hybridized carbons (Fsp3) is 0.400. The topological polar surface area (TPSA) is 62.6 Å². The highest BCUT2D eigenvalue weighted by Gasteiger charge is 2.41. The van der Waals surface area contributed by atoms with Crippen LogP contribution in [-0.2, 0) is 4.65 Å². The van der Waals surface area contributed by atoms with Crippen molar-refractivity contribution in [1.29, 1.82) is 0 Å². The minimum atomic E-state index is -1.44. The van der Waals surface area contributed by atoms with Crippen LogP contribution in [0.15, 0.2) is 23.7 Å². The van der Waals surface area contributed by atoms with Gasteiger partial charge in [-0.1, -0.05) is 0 Å². The number of benzene rings is 1. The number of hydrogen-bond acceptors (Lipinski definition) is 5. The number of halogens is 2. The Balaban J connectivity index is 2.34. The summed E-state index contributed by atoms with van der Waals surface area (Å²) in [6.45, 7) is 6.38. The fourth-order valence-electron chi connectivity index (χ4n) is 1.81. The van der Waals surface area contributed by atoms with E-state index in [0.717, 1.165) is 29.5 Å². The zero-order valence-electron chi connectivity index (χ0n) is 13.3. The van der Waals surface area contributed by atoms with Gasteiger partial charge in [0.1, 0.15) is 11.6 Å². The third-order valence-corrected chi connectivity index (χ3v) is 4.72. The normalized spacial score (nSPS) is 12.5. The van der Waals surface area contributed by atoms with Crippen molar-refractivity contribution < 1.29 is 23.6 Å². The Labute approximate surface area is 137 Å². The molecular formula is C15H18BF2NO3S. The Hall–Kier alpha value is -1.35. The van der Waals surface area contributed by atoms with Crippen molar-refractivity contribution in [1.82, 2.24) is 4.98 Å². The Bertz CT molecular complexity index is 680. The summed E-state index contributed by atoms with van der Waals surface area (Å²) in [7, 11) is -1.44. The van der Waals surface area contributed by atoms with Gasteiger partial charge in [0.2, 0.25) is 0 Å². The Kier molecular flexibility index (Phi) is 4.91. The smallest absolute Gasteiger partial charge is 0.422 e. The molecule has 0 fully saturated rings. The predicted molar refractivity (Wildman–Crippen MR) is 86.5 cm³/mol. The van der Waals surface area contributed by atoms with Crippen LogP contribution in [0, 0.1) is 11.6 Å². The second kappa shape index (κ2) is 6.28. The van der Waals surface area contributed by atoms with Gasteiger partial charge in [-0.15, -0.1) is 11.3 Å². The number of aromatic nitrogens is 1. The van der Waals surface area contributed by atoms with Gasteiger partial charge in [0.05, 0.1) is 27.2 Å². The first-order chi connectivity index (χ1) is 10.5. The first-order valence-electron chi connectivity index (χ1n) is 6.99. The summed E-state index contributed by atoms with van der Waals surface area (Å²) in [5, 5.41) is 20.4. The highest BCUT2D eigenvalue weighted by molar-refractivity contribution is 7.14. The van der Waals surface area contributed by atoms with Crippen LogP contribution in [0.4, 0.5) is 8.78 Å². The molecule has 23 heavy (non-hydrogen) atoms. The summed E-state index contributed by atoms with van der Waals surface area (Å²) in [5.74, 6) is -1.43. The quantitative estimate of drug-likeness (QED) is 0.820. The molecule has 0 unspecified atom stereocenters. The summed E-state index contributed by atoms with van der Waals surface area (Å²) in [5.41, 5.74) is -0.409. The van der Waals surface area contributed by atoms with Crippen LogP contribution in [0.2, 0.25) is 0 Å². The SMILES string of the molecule is CC(C)(O)C(C)(C)OB(O)c1ncsc1-c1cc(F)cc(F)c1. The molecule has 0 saturated heterocycles. The van der Waals surface area contributed by atoms with Gasteiger partial charge in [-0.3, -0.25) is 4.98 Å². The van der Waals surface area contributed by atoms with Gasteiger partial charge in [-0.25, -0.2) is 8.78 Å². The van der Waals surface area contributed by atoms with Crippen LogP contribution < -0.4 is 5.59 Å². The van der Waals surface area contributed by atoms with E-state index in [-0.39, 0.29) is 11.2 Å². The minimum Gasteiger partial charge on any atom is -0.422 e. The molecule has 0 radical (unpaired) electrons. The van der Waals surface area contributed by atoms with Crippen molar-refractivity contribution in [3.63, 3.8) is 0 Å². The average Bonchev–Trinajstić information content (AvgIpc) is 2.84. The van der Waals surface area contributed by atoms with Gasteiger partial charge >= 0.3 is 7.12 Å². The number of rotatable bonds is 5. The molecule has 0 bridgehead atoms. The van der Waals surface area contributed by atoms with Crippen LogP contribution in [0.25, 0.3) is 10.4 Å². The zero-order chi connectivity index (χ0) is 17.4. The van der Waals surface area contributed by atoms with Gasteiger partial charge in [-0.05, 0) is 45.4 Å². The van der Waals surface area contributed by atoms with E-state index in [1.165, 1.54) is 5.51 Å². The Morgan fingerprint density at radius 3 is 2.22 bits per heavy atom. The molecule has 0 spiro atoms. The van der Waals surface area contributed by atoms with Gasteiger partial charge in [-0.2, -0.15) is 0 Å². The molecule has 1 aromatic heterocycles. The second-order valence-corrected chi connectivity index (χ2v) is 7.12. The lowest BCUT2D eigenvalue weighted by Gasteiger charge is -2.38. The molecule has 2 N–H and O–H groups in total. The van der Waals surface area contributed by atoms with Crippen molar-refractivity contribution in [2.75, 3.05) is 0 Å². The summed E-state index contributed by atoms with van der Waals surface area (Å²) in [6, 6.07) is 3.09. The zero-order valence-corrected chi connectivity index (χ0v) is 14.1. The molecule has 0 amide bonds. The maximum atomic E-state index is 13.4. The number of hydrogen-bond donors (Lipinski definition) is 2. The summed E-state index contributed by atoms with van der Waals surface area (Å²) in [4.78, 5) is 4.44. The number of aliphatic hydroxyl groups is 1. The minimum absolute atomic E-state index is 0.150. The molecule has 1 heterocycles. The van der Waals surface area contributed by atoms with Crippen LogP contribution in [-0.4, -0.2) is 33.4 Å². The molecule has 1 aromatic carbocycles. The van der Waals surface area contributed by atoms with E-state index in [1.54, 1.807) is 27.7 Å². The van der Waals surface area contributed by atoms with Crippen molar-refractivity contribution in [2.45, 2.75) is 38.9 Å². The monoisotopic (exact) mass is 341 g/mol. The van der Waals surface area contributed by atoms with Crippen molar-refractivity contribution >= 4 is 24.0 Å². The maximum Gasteiger partial charge on any atom is 0.512 e. The third kappa shape index (κ3) is 3.95. The van der Waals surface area contributed by atoms with Crippen LogP contribution >= 0.6 is 11.3 Å². The lowest BCUT2D eigenvalue weighted by molar-refractivity contribution is -0.0983. The molecule has 2 aromatic rings. The number of thiazole rings is 1. The maximum absolute atomic E-state index is 13.4. The second-order valence-electron chi connectivity index (χ2n) is 6.26. The van der Waals surface area contributed by atoms with E-state index in [4.69, 9.17) is 4.65 Å². The first-order valence-corrected chi connectivity index (χ1v) is 7.87. The lowest BCUT2D eigenvalue weighted by Crippen LogP contribution is -2.53. The Morgan fingerprint density at radius 2 is 1.70 bits per heavy atom. The fourth-order valence-corrected chi connectivity index (χ4v) is 2.61. The van der Waals surface area contributed by atoms with Crippen LogP contribution in [0.5, 0.6) is 0 Å². The van der Waals surface area contributed by atoms with Gasteiger partial charge in [0, 0.05) is 6.07 Å². The van der Waals surface area contributed by atoms with Crippen LogP contribution in [0.1, 0.15) is 27.7 Å². The molecule has 0 saturated carbocycles. The molecule has 8 heteroatoms. The number of nitrogens with zero attached hydrogens (tertiary/aromatic N) is 1. The molecule has 2 rings (SSSR count). The first kappa shape index (κ1) is 18.0. The van der Waals surface area contributed by atoms with E-state index >= 15 is 0 Å². The Morgan fingerprint density at radius 1 is 1.13 bits per heavy atom. The van der Waals surface area contributed by atoms with E-state index in [2.05, 4.69) is 4.98 Å². The third-order valence-electron chi connectivity index (χ3n) is 3.83. The molecular weight excluding hydrogens is 323 g/mol. The highest BCUT2D eigenvalue weighted by atomic mass is 32.1. The van der Waals surface area contributed by atoms with E-state index in [1.807, 2.05) is 0 Å². The molecule has 124 valence electrons. The summed E-state index contributed by atoms with van der Waals surface area (Å²) < 4.78 is 32.3. The van der Waals surface area contributed by atoms with Crippen molar-refractivity contribution in [2.24, 2.45) is 0 Å². The summed E-state index contributed by atoms with van der Waals surface area (Å²) >= 11 is 1.13. The van der Waals surface area contributed by atoms with Gasteiger partial charge in [0.25, 0.3) is 0 Å². The predicted octanol–water partition coefficient (Wildman–Crippen LogP) is 2.34. The van der Waals surface area contributed by atoms with E-state index in [9.17, 15) is 18.9 Å². The molecule has 4 nitrogen and oxygen atoms in total. The van der Waals surface area contributed by atoms with Gasteiger partial charge in [0.15, 0.2) is 0 Å². The highest BCUT2D eigenvalue weighted by Crippen LogP contribution is 2.28. The molecule has 0 aliphatic rings. The van der Waals surface area contributed by atoms with E-state index in [0.29, 0.717) is 4.88 Å². The van der Waals surface area contributed by atoms with Crippen LogP contribution in [0.3, 0.4) is 0 Å². The largest absolute Gasteiger partial charge is 0.512 e. The van der Waals surface area contributed by atoms with E-state index < -0.39 is 30.0 Å². The summed E-state index contributed by atoms with van der Waals surface area (Å²) in [6.07, 6.45) is 0. The molecule has 0 atom stereocenters. The molecule has 0 aliphatic carbocycles. The standard InChI is InChI=1S/C15H18BF2NO3S/c1-14(2,20)15(3,4)22-16(21)13-12(23-8-19-13)9-5-10(17)7-11(18)6-9/h5-8,20-21H,1-4H3. The van der Waals surface area contributed by atoms with Crippen molar-refractivity contribution in [3.8, 4) is 10.4 Å². The average molecular weight is 341 g/mol. The lowest BCUT2D eigenvalue weighted by atomic mass is 9.79.